The highest BCUT2D eigenvalue weighted by molar-refractivity contribution is 9.11. The predicted molar refractivity (Wildman–Crippen MR) is 142 cm³/mol. The Morgan fingerprint density at radius 2 is 1.71 bits per heavy atom. The van der Waals surface area contributed by atoms with Crippen molar-refractivity contribution in [2.75, 3.05) is 11.4 Å². The van der Waals surface area contributed by atoms with Crippen molar-refractivity contribution in [2.45, 2.75) is 73.2 Å². The molecule has 1 aromatic heterocycles. The fourth-order valence-electron chi connectivity index (χ4n) is 4.19. The predicted octanol–water partition coefficient (Wildman–Crippen LogP) is 6.50. The zero-order valence-electron chi connectivity index (χ0n) is 21.6. The third-order valence-corrected chi connectivity index (χ3v) is 8.12. The Hall–Kier alpha value is -2.03. The first kappa shape index (κ1) is 27.6. The van der Waals surface area contributed by atoms with Crippen LogP contribution in [0.25, 0.3) is 0 Å². The molecule has 8 heteroatoms. The molecular formula is C27H34BrNO5S. The highest BCUT2D eigenvalue weighted by atomic mass is 79.9. The van der Waals surface area contributed by atoms with Crippen LogP contribution in [-0.2, 0) is 19.1 Å². The third-order valence-electron chi connectivity index (χ3n) is 5.94. The maximum absolute atomic E-state index is 14.0. The second-order valence-electron chi connectivity index (χ2n) is 10.7. The van der Waals surface area contributed by atoms with E-state index < -0.39 is 34.9 Å². The van der Waals surface area contributed by atoms with Gasteiger partial charge in [-0.15, -0.1) is 11.3 Å². The van der Waals surface area contributed by atoms with Crippen LogP contribution in [0.3, 0.4) is 0 Å². The summed E-state index contributed by atoms with van der Waals surface area (Å²) in [5.41, 5.74) is 0.0604. The van der Waals surface area contributed by atoms with Gasteiger partial charge in [0, 0.05) is 0 Å². The van der Waals surface area contributed by atoms with Crippen molar-refractivity contribution in [2.24, 2.45) is 11.3 Å². The van der Waals surface area contributed by atoms with Crippen LogP contribution in [-0.4, -0.2) is 35.9 Å². The Bertz CT molecular complexity index is 1120. The number of thiophene rings is 1. The van der Waals surface area contributed by atoms with Crippen LogP contribution in [0.4, 0.5) is 5.00 Å². The van der Waals surface area contributed by atoms with Crippen molar-refractivity contribution in [3.8, 4) is 0 Å². The lowest BCUT2D eigenvalue weighted by molar-refractivity contribution is -0.169. The van der Waals surface area contributed by atoms with E-state index in [9.17, 15) is 14.4 Å². The molecule has 0 spiro atoms. The second-order valence-corrected chi connectivity index (χ2v) is 13.1. The Kier molecular flexibility index (Phi) is 7.99. The first-order valence-corrected chi connectivity index (χ1v) is 13.3. The lowest BCUT2D eigenvalue weighted by Crippen LogP contribution is -2.54. The lowest BCUT2D eigenvalue weighted by atomic mass is 9.72. The molecule has 2 aromatic rings. The summed E-state index contributed by atoms with van der Waals surface area (Å²) >= 11 is 4.90. The molecule has 0 bridgehead atoms. The van der Waals surface area contributed by atoms with Gasteiger partial charge in [-0.05, 0) is 82.4 Å². The van der Waals surface area contributed by atoms with Crippen LogP contribution in [0.1, 0.15) is 76.1 Å². The van der Waals surface area contributed by atoms with E-state index in [2.05, 4.69) is 15.9 Å². The number of Topliss-reactive ketones (excluding diaryl/α,β-unsaturated/α-hetero) is 1. The molecule has 1 amide bonds. The molecule has 35 heavy (non-hydrogen) atoms. The minimum atomic E-state index is -1.36. The fourth-order valence-corrected chi connectivity index (χ4v) is 5.90. The fraction of sp³-hybridized carbons (Fsp3) is 0.519. The van der Waals surface area contributed by atoms with Gasteiger partial charge in [-0.1, -0.05) is 30.3 Å². The Morgan fingerprint density at radius 3 is 2.26 bits per heavy atom. The van der Waals surface area contributed by atoms with Crippen LogP contribution in [0.5, 0.6) is 0 Å². The summed E-state index contributed by atoms with van der Waals surface area (Å²) < 4.78 is 12.6. The van der Waals surface area contributed by atoms with E-state index in [0.717, 1.165) is 14.9 Å². The maximum Gasteiger partial charge on any atom is 0.313 e. The molecule has 0 saturated carbocycles. The average Bonchev–Trinajstić information content (AvgIpc) is 3.03. The van der Waals surface area contributed by atoms with Gasteiger partial charge in [-0.2, -0.15) is 0 Å². The number of carbonyl (C=O) groups is 3. The Balaban J connectivity index is 2.10. The number of benzene rings is 1. The number of halogens is 1. The number of hydrogen-bond acceptors (Lipinski definition) is 6. The normalized spacial score (nSPS) is 17.5. The number of carbonyl (C=O) groups excluding carboxylic acids is 3. The molecule has 0 N–H and O–H groups in total. The van der Waals surface area contributed by atoms with E-state index in [4.69, 9.17) is 9.47 Å². The molecule has 1 aliphatic rings. The summed E-state index contributed by atoms with van der Waals surface area (Å²) in [5.74, 6) is -2.55. The van der Waals surface area contributed by atoms with Crippen molar-refractivity contribution in [3.05, 3.63) is 50.8 Å². The molecule has 1 aliphatic heterocycles. The van der Waals surface area contributed by atoms with Crippen LogP contribution >= 0.6 is 27.3 Å². The molecule has 3 rings (SSSR count). The van der Waals surface area contributed by atoms with Gasteiger partial charge in [0.2, 0.25) is 5.91 Å². The minimum Gasteiger partial charge on any atom is -0.460 e. The molecule has 2 heterocycles. The van der Waals surface area contributed by atoms with Crippen LogP contribution in [0.15, 0.2) is 34.1 Å². The zero-order valence-corrected chi connectivity index (χ0v) is 24.0. The van der Waals surface area contributed by atoms with Gasteiger partial charge in [0.15, 0.2) is 5.78 Å². The van der Waals surface area contributed by atoms with Crippen molar-refractivity contribution in [1.29, 1.82) is 0 Å². The van der Waals surface area contributed by atoms with E-state index in [-0.39, 0.29) is 18.4 Å². The highest BCUT2D eigenvalue weighted by Crippen LogP contribution is 2.48. The molecule has 6 nitrogen and oxygen atoms in total. The van der Waals surface area contributed by atoms with Gasteiger partial charge in [0.05, 0.1) is 27.4 Å². The summed E-state index contributed by atoms with van der Waals surface area (Å²) in [6, 6.07) is 9.72. The number of fused-ring (bicyclic) bond motifs is 1. The number of ether oxygens (including phenoxy) is 2. The van der Waals surface area contributed by atoms with Crippen molar-refractivity contribution in [3.63, 3.8) is 0 Å². The van der Waals surface area contributed by atoms with E-state index in [1.165, 1.54) is 11.3 Å². The summed E-state index contributed by atoms with van der Waals surface area (Å²) in [6.45, 7) is 14.5. The maximum atomic E-state index is 14.0. The van der Waals surface area contributed by atoms with Crippen LogP contribution in [0.2, 0.25) is 0 Å². The van der Waals surface area contributed by atoms with Gasteiger partial charge in [-0.3, -0.25) is 19.3 Å². The average molecular weight is 565 g/mol. The van der Waals surface area contributed by atoms with Crippen LogP contribution < -0.4 is 4.90 Å². The van der Waals surface area contributed by atoms with Gasteiger partial charge in [-0.25, -0.2) is 0 Å². The number of nitrogens with zero attached hydrogens (tertiary/aromatic N) is 1. The largest absolute Gasteiger partial charge is 0.460 e. The molecule has 0 fully saturated rings. The van der Waals surface area contributed by atoms with E-state index in [1.807, 2.05) is 51.1 Å². The van der Waals surface area contributed by atoms with Crippen molar-refractivity contribution >= 4 is 49.9 Å². The monoisotopic (exact) mass is 563 g/mol. The first-order valence-electron chi connectivity index (χ1n) is 11.7. The molecule has 0 radical (unpaired) electrons. The molecule has 1 aromatic carbocycles. The summed E-state index contributed by atoms with van der Waals surface area (Å²) in [5, 5.41) is 0.578. The molecule has 0 aliphatic carbocycles. The lowest BCUT2D eigenvalue weighted by Gasteiger charge is -2.40. The van der Waals surface area contributed by atoms with Crippen molar-refractivity contribution in [1.82, 2.24) is 0 Å². The number of esters is 1. The topological polar surface area (TPSA) is 72.9 Å². The zero-order chi connectivity index (χ0) is 26.3. The number of ketones is 1. The van der Waals surface area contributed by atoms with Gasteiger partial charge < -0.3 is 9.47 Å². The van der Waals surface area contributed by atoms with Crippen molar-refractivity contribution < 1.29 is 23.9 Å². The van der Waals surface area contributed by atoms with Gasteiger partial charge in [0.25, 0.3) is 0 Å². The standard InChI is InChI=1S/C27H34BrNO5S/c1-15(2)33-18(17-12-10-9-11-13-17)14-29-23(31)20(27(7,8)25(32)34-26(4,5)6)21(30)19-16(3)22(28)35-24(19)29/h9-13,15,18,20H,14H2,1-8H3/t18-,20?/m1/s1. The van der Waals surface area contributed by atoms with E-state index in [0.29, 0.717) is 10.6 Å². The number of anilines is 1. The first-order chi connectivity index (χ1) is 16.1. The molecule has 190 valence electrons. The minimum absolute atomic E-state index is 0.0768. The molecule has 2 atom stereocenters. The molecule has 0 saturated heterocycles. The number of rotatable bonds is 7. The Morgan fingerprint density at radius 1 is 1.11 bits per heavy atom. The summed E-state index contributed by atoms with van der Waals surface area (Å²) in [7, 11) is 0. The van der Waals surface area contributed by atoms with Crippen LogP contribution in [0, 0.1) is 18.3 Å². The molecule has 1 unspecified atom stereocenters. The number of amides is 1. The third kappa shape index (κ3) is 5.70. The Labute approximate surface area is 220 Å². The summed E-state index contributed by atoms with van der Waals surface area (Å²) in [6.07, 6.45) is -0.486. The van der Waals surface area contributed by atoms with Gasteiger partial charge >= 0.3 is 5.97 Å². The SMILES string of the molecule is Cc1c(Br)sc2c1C(=O)C(C(C)(C)C(=O)OC(C)(C)C)C(=O)N2C[C@@H](OC(C)C)c1ccccc1. The summed E-state index contributed by atoms with van der Waals surface area (Å²) in [4.78, 5) is 42.6. The molecular weight excluding hydrogens is 530 g/mol. The highest BCUT2D eigenvalue weighted by Gasteiger charge is 2.54. The van der Waals surface area contributed by atoms with Gasteiger partial charge in [0.1, 0.15) is 22.6 Å². The number of hydrogen-bond donors (Lipinski definition) is 0. The second kappa shape index (κ2) is 10.1. The van der Waals surface area contributed by atoms with E-state index >= 15 is 0 Å². The smallest absolute Gasteiger partial charge is 0.313 e. The van der Waals surface area contributed by atoms with E-state index in [1.54, 1.807) is 39.5 Å². The quantitative estimate of drug-likeness (QED) is 0.284.